The van der Waals surface area contributed by atoms with Crippen LogP contribution in [0.3, 0.4) is 0 Å². The fraction of sp³-hybridized carbons (Fsp3) is 0.600. The molecule has 1 aromatic rings. The lowest BCUT2D eigenvalue weighted by Gasteiger charge is -2.19. The average molecular weight is 250 g/mol. The SMILES string of the molecule is CCc1c(O)ccc(CC[Si](C)(C)C)c1CC. The highest BCUT2D eigenvalue weighted by Gasteiger charge is 2.15. The lowest BCUT2D eigenvalue weighted by Crippen LogP contribution is -2.20. The van der Waals surface area contributed by atoms with Crippen molar-refractivity contribution in [3.05, 3.63) is 28.8 Å². The number of rotatable bonds is 5. The third-order valence-corrected chi connectivity index (χ3v) is 5.10. The van der Waals surface area contributed by atoms with Crippen molar-refractivity contribution in [1.82, 2.24) is 0 Å². The Morgan fingerprint density at radius 2 is 1.59 bits per heavy atom. The highest BCUT2D eigenvalue weighted by atomic mass is 28.3. The number of aryl methyl sites for hydroxylation is 1. The van der Waals surface area contributed by atoms with Crippen LogP contribution in [0.5, 0.6) is 5.75 Å². The first kappa shape index (κ1) is 14.3. The molecule has 0 spiro atoms. The van der Waals surface area contributed by atoms with Crippen LogP contribution in [0.25, 0.3) is 0 Å². The Labute approximate surface area is 107 Å². The van der Waals surface area contributed by atoms with Crippen LogP contribution in [0.4, 0.5) is 0 Å². The van der Waals surface area contributed by atoms with Crippen LogP contribution >= 0.6 is 0 Å². The molecule has 2 heteroatoms. The van der Waals surface area contributed by atoms with E-state index in [0.29, 0.717) is 5.75 Å². The second-order valence-electron chi connectivity index (χ2n) is 5.97. The van der Waals surface area contributed by atoms with Crippen LogP contribution in [0.15, 0.2) is 12.1 Å². The van der Waals surface area contributed by atoms with Crippen LogP contribution in [-0.2, 0) is 19.3 Å². The van der Waals surface area contributed by atoms with Crippen molar-refractivity contribution in [2.24, 2.45) is 0 Å². The largest absolute Gasteiger partial charge is 0.508 e. The molecule has 0 aliphatic heterocycles. The second kappa shape index (κ2) is 5.72. The van der Waals surface area contributed by atoms with E-state index >= 15 is 0 Å². The Balaban J connectivity index is 3.00. The minimum absolute atomic E-state index is 0.473. The summed E-state index contributed by atoms with van der Waals surface area (Å²) in [5.41, 5.74) is 3.98. The van der Waals surface area contributed by atoms with Crippen molar-refractivity contribution in [3.8, 4) is 5.75 Å². The first-order chi connectivity index (χ1) is 7.89. The maximum Gasteiger partial charge on any atom is 0.119 e. The number of aromatic hydroxyl groups is 1. The van der Waals surface area contributed by atoms with Crippen molar-refractivity contribution in [2.45, 2.75) is 58.8 Å². The fourth-order valence-electron chi connectivity index (χ4n) is 2.31. The van der Waals surface area contributed by atoms with Crippen LogP contribution in [0.2, 0.25) is 25.7 Å². The van der Waals surface area contributed by atoms with E-state index in [1.165, 1.54) is 23.6 Å². The highest BCUT2D eigenvalue weighted by Crippen LogP contribution is 2.27. The molecule has 1 rings (SSSR count). The minimum Gasteiger partial charge on any atom is -0.508 e. The molecular weight excluding hydrogens is 224 g/mol. The molecule has 0 radical (unpaired) electrons. The minimum atomic E-state index is -0.979. The zero-order valence-corrected chi connectivity index (χ0v) is 12.9. The van der Waals surface area contributed by atoms with E-state index in [1.807, 2.05) is 6.07 Å². The number of phenols is 1. The van der Waals surface area contributed by atoms with Gasteiger partial charge in [0.1, 0.15) is 5.75 Å². The van der Waals surface area contributed by atoms with Crippen molar-refractivity contribution >= 4 is 8.07 Å². The first-order valence-electron chi connectivity index (χ1n) is 6.71. The molecule has 0 atom stereocenters. The summed E-state index contributed by atoms with van der Waals surface area (Å²) in [5, 5.41) is 9.88. The van der Waals surface area contributed by atoms with Gasteiger partial charge in [-0.2, -0.15) is 0 Å². The van der Waals surface area contributed by atoms with Gasteiger partial charge in [-0.25, -0.2) is 0 Å². The van der Waals surface area contributed by atoms with Crippen molar-refractivity contribution in [1.29, 1.82) is 0 Å². The summed E-state index contributed by atoms with van der Waals surface area (Å²) in [6, 6.07) is 5.32. The van der Waals surface area contributed by atoms with Gasteiger partial charge in [0.2, 0.25) is 0 Å². The van der Waals surface area contributed by atoms with Gasteiger partial charge >= 0.3 is 0 Å². The maximum atomic E-state index is 9.88. The molecule has 0 amide bonds. The molecule has 0 saturated carbocycles. The Hall–Kier alpha value is -0.763. The lowest BCUT2D eigenvalue weighted by atomic mass is 9.95. The van der Waals surface area contributed by atoms with Gasteiger partial charge in [0.25, 0.3) is 0 Å². The molecule has 0 heterocycles. The second-order valence-corrected chi connectivity index (χ2v) is 11.6. The standard InChI is InChI=1S/C15H26OSi/c1-6-13-12(10-11-17(3,4)5)8-9-15(16)14(13)7-2/h8-9,16H,6-7,10-11H2,1-5H3. The molecule has 17 heavy (non-hydrogen) atoms. The van der Waals surface area contributed by atoms with Crippen LogP contribution < -0.4 is 0 Å². The average Bonchev–Trinajstić information content (AvgIpc) is 2.25. The van der Waals surface area contributed by atoms with Crippen molar-refractivity contribution < 1.29 is 5.11 Å². The molecule has 0 bridgehead atoms. The Kier molecular flexibility index (Phi) is 4.81. The van der Waals surface area contributed by atoms with E-state index < -0.39 is 8.07 Å². The van der Waals surface area contributed by atoms with Gasteiger partial charge in [-0.15, -0.1) is 0 Å². The molecule has 0 aromatic heterocycles. The van der Waals surface area contributed by atoms with E-state index in [1.54, 1.807) is 0 Å². The van der Waals surface area contributed by atoms with E-state index in [4.69, 9.17) is 0 Å². The zero-order chi connectivity index (χ0) is 13.1. The third-order valence-electron chi connectivity index (χ3n) is 3.35. The molecule has 1 N–H and O–H groups in total. The quantitative estimate of drug-likeness (QED) is 0.768. The van der Waals surface area contributed by atoms with Crippen LogP contribution in [-0.4, -0.2) is 13.2 Å². The molecule has 0 unspecified atom stereocenters. The topological polar surface area (TPSA) is 20.2 Å². The summed E-state index contributed by atoms with van der Waals surface area (Å²) in [4.78, 5) is 0. The number of hydrogen-bond acceptors (Lipinski definition) is 1. The third kappa shape index (κ3) is 3.88. The summed E-state index contributed by atoms with van der Waals surface area (Å²) in [6.07, 6.45) is 3.13. The Morgan fingerprint density at radius 3 is 2.06 bits per heavy atom. The van der Waals surface area contributed by atoms with Crippen LogP contribution in [0, 0.1) is 0 Å². The summed E-state index contributed by atoms with van der Waals surface area (Å²) in [7, 11) is -0.979. The van der Waals surface area contributed by atoms with E-state index in [9.17, 15) is 5.11 Å². The number of hydrogen-bond donors (Lipinski definition) is 1. The number of benzene rings is 1. The predicted octanol–water partition coefficient (Wildman–Crippen LogP) is 4.40. The van der Waals surface area contributed by atoms with Gasteiger partial charge in [0.15, 0.2) is 0 Å². The van der Waals surface area contributed by atoms with Gasteiger partial charge in [0, 0.05) is 8.07 Å². The summed E-state index contributed by atoms with van der Waals surface area (Å²) in [6.45, 7) is 11.6. The number of phenolic OH excluding ortho intramolecular Hbond substituents is 1. The normalized spacial score (nSPS) is 11.8. The predicted molar refractivity (Wildman–Crippen MR) is 78.7 cm³/mol. The fourth-order valence-corrected chi connectivity index (χ4v) is 3.33. The molecule has 1 aromatic carbocycles. The summed E-state index contributed by atoms with van der Waals surface area (Å²) in [5.74, 6) is 0.473. The van der Waals surface area contributed by atoms with Gasteiger partial charge in [0.05, 0.1) is 0 Å². The Bertz CT molecular complexity index is 377. The smallest absolute Gasteiger partial charge is 0.119 e. The maximum absolute atomic E-state index is 9.88. The summed E-state index contributed by atoms with van der Waals surface area (Å²) < 4.78 is 0. The molecule has 0 aliphatic carbocycles. The monoisotopic (exact) mass is 250 g/mol. The summed E-state index contributed by atoms with van der Waals surface area (Å²) >= 11 is 0. The van der Waals surface area contributed by atoms with Crippen LogP contribution in [0.1, 0.15) is 30.5 Å². The molecule has 0 saturated heterocycles. The van der Waals surface area contributed by atoms with Gasteiger partial charge in [-0.3, -0.25) is 0 Å². The van der Waals surface area contributed by atoms with Gasteiger partial charge in [-0.1, -0.05) is 45.6 Å². The molecule has 1 nitrogen and oxygen atoms in total. The van der Waals surface area contributed by atoms with Crippen molar-refractivity contribution in [2.75, 3.05) is 0 Å². The van der Waals surface area contributed by atoms with E-state index in [2.05, 4.69) is 39.6 Å². The van der Waals surface area contributed by atoms with E-state index in [0.717, 1.165) is 18.4 Å². The lowest BCUT2D eigenvalue weighted by molar-refractivity contribution is 0.467. The molecule has 0 aliphatic rings. The highest BCUT2D eigenvalue weighted by molar-refractivity contribution is 6.76. The molecular formula is C15H26OSi. The van der Waals surface area contributed by atoms with Crippen molar-refractivity contribution in [3.63, 3.8) is 0 Å². The first-order valence-corrected chi connectivity index (χ1v) is 10.4. The van der Waals surface area contributed by atoms with Gasteiger partial charge in [-0.05, 0) is 42.0 Å². The van der Waals surface area contributed by atoms with Gasteiger partial charge < -0.3 is 5.11 Å². The molecule has 0 fully saturated rings. The molecule has 96 valence electrons. The van der Waals surface area contributed by atoms with E-state index in [-0.39, 0.29) is 0 Å². The Morgan fingerprint density at radius 1 is 1.00 bits per heavy atom. The zero-order valence-electron chi connectivity index (χ0n) is 11.9.